The summed E-state index contributed by atoms with van der Waals surface area (Å²) in [5.74, 6) is -0.403. The highest BCUT2D eigenvalue weighted by Crippen LogP contribution is 2.23. The Bertz CT molecular complexity index is 982. The van der Waals surface area contributed by atoms with Crippen molar-refractivity contribution in [1.29, 1.82) is 0 Å². The van der Waals surface area contributed by atoms with Crippen LogP contribution < -0.4 is 5.32 Å². The van der Waals surface area contributed by atoms with Crippen LogP contribution in [0.4, 0.5) is 11.7 Å². The Morgan fingerprint density at radius 1 is 1.19 bits per heavy atom. The van der Waals surface area contributed by atoms with Gasteiger partial charge in [0.25, 0.3) is 11.6 Å². The normalized spacial score (nSPS) is 10.8. The minimum Gasteiger partial charge on any atom is -0.403 e. The number of nitrogens with one attached hydrogen (secondary N) is 1. The Hall–Kier alpha value is -3.52. The number of aromatic nitrogens is 2. The number of nitro benzene ring substituents is 1. The van der Waals surface area contributed by atoms with Crippen LogP contribution in [-0.4, -0.2) is 21.0 Å². The predicted molar refractivity (Wildman–Crippen MR) is 95.5 cm³/mol. The molecule has 0 radical (unpaired) electrons. The standard InChI is InChI=1S/C17H11ClN4O4/c18-13-7-4-11(5-8-13)6-9-15(23)19-17-21-20-16(26-17)12-2-1-3-14(10-12)22(24)25/h1-10H,(H,19,21,23)/b9-6+. The van der Waals surface area contributed by atoms with E-state index < -0.39 is 10.8 Å². The third-order valence-electron chi connectivity index (χ3n) is 3.26. The van der Waals surface area contributed by atoms with Gasteiger partial charge in [-0.1, -0.05) is 34.9 Å². The number of anilines is 1. The van der Waals surface area contributed by atoms with Crippen LogP contribution in [-0.2, 0) is 4.79 Å². The molecule has 1 amide bonds. The fourth-order valence-corrected chi connectivity index (χ4v) is 2.16. The van der Waals surface area contributed by atoms with Crippen LogP contribution >= 0.6 is 11.6 Å². The highest BCUT2D eigenvalue weighted by molar-refractivity contribution is 6.30. The summed E-state index contributed by atoms with van der Waals surface area (Å²) in [7, 11) is 0. The fraction of sp³-hybridized carbons (Fsp3) is 0. The quantitative estimate of drug-likeness (QED) is 0.413. The molecule has 130 valence electrons. The van der Waals surface area contributed by atoms with Crippen molar-refractivity contribution in [3.8, 4) is 11.5 Å². The lowest BCUT2D eigenvalue weighted by atomic mass is 10.2. The van der Waals surface area contributed by atoms with E-state index in [1.807, 2.05) is 0 Å². The second-order valence-electron chi connectivity index (χ2n) is 5.09. The lowest BCUT2D eigenvalue weighted by Crippen LogP contribution is -2.07. The zero-order valence-electron chi connectivity index (χ0n) is 13.1. The van der Waals surface area contributed by atoms with E-state index in [2.05, 4.69) is 15.5 Å². The maximum Gasteiger partial charge on any atom is 0.322 e. The van der Waals surface area contributed by atoms with E-state index in [0.29, 0.717) is 10.6 Å². The molecule has 3 aromatic rings. The first-order valence-electron chi connectivity index (χ1n) is 7.34. The van der Waals surface area contributed by atoms with Gasteiger partial charge in [-0.2, -0.15) is 0 Å². The van der Waals surface area contributed by atoms with Gasteiger partial charge in [-0.15, -0.1) is 5.10 Å². The molecule has 2 aromatic carbocycles. The maximum absolute atomic E-state index is 11.9. The summed E-state index contributed by atoms with van der Waals surface area (Å²) >= 11 is 5.79. The van der Waals surface area contributed by atoms with E-state index in [4.69, 9.17) is 16.0 Å². The molecule has 0 unspecified atom stereocenters. The number of hydrogen-bond donors (Lipinski definition) is 1. The second kappa shape index (κ2) is 7.58. The van der Waals surface area contributed by atoms with E-state index in [-0.39, 0.29) is 17.6 Å². The number of hydrogen-bond acceptors (Lipinski definition) is 6. The highest BCUT2D eigenvalue weighted by Gasteiger charge is 2.13. The summed E-state index contributed by atoms with van der Waals surface area (Å²) in [6.45, 7) is 0. The van der Waals surface area contributed by atoms with Crippen LogP contribution in [0, 0.1) is 10.1 Å². The molecule has 0 saturated carbocycles. The molecule has 8 nitrogen and oxygen atoms in total. The number of rotatable bonds is 5. The summed E-state index contributed by atoms with van der Waals surface area (Å²) in [6.07, 6.45) is 2.91. The van der Waals surface area contributed by atoms with Gasteiger partial charge >= 0.3 is 6.01 Å². The molecule has 0 saturated heterocycles. The lowest BCUT2D eigenvalue weighted by Gasteiger charge is -1.96. The van der Waals surface area contributed by atoms with Gasteiger partial charge < -0.3 is 4.42 Å². The van der Waals surface area contributed by atoms with Crippen molar-refractivity contribution in [2.24, 2.45) is 0 Å². The van der Waals surface area contributed by atoms with E-state index in [9.17, 15) is 14.9 Å². The van der Waals surface area contributed by atoms with Crippen LogP contribution in [0.15, 0.2) is 59.0 Å². The molecule has 3 rings (SSSR count). The van der Waals surface area contributed by atoms with Crippen LogP contribution in [0.25, 0.3) is 17.5 Å². The van der Waals surface area contributed by atoms with Crippen molar-refractivity contribution < 1.29 is 14.1 Å². The number of amides is 1. The molecule has 1 N–H and O–H groups in total. The highest BCUT2D eigenvalue weighted by atomic mass is 35.5. The van der Waals surface area contributed by atoms with Crippen molar-refractivity contribution in [1.82, 2.24) is 10.2 Å². The van der Waals surface area contributed by atoms with Gasteiger partial charge in [-0.25, -0.2) is 0 Å². The van der Waals surface area contributed by atoms with Gasteiger partial charge in [0.2, 0.25) is 5.89 Å². The number of carbonyl (C=O) groups is 1. The molecule has 1 aromatic heterocycles. The third-order valence-corrected chi connectivity index (χ3v) is 3.51. The van der Waals surface area contributed by atoms with Crippen LogP contribution in [0.2, 0.25) is 5.02 Å². The zero-order valence-corrected chi connectivity index (χ0v) is 13.9. The average molecular weight is 371 g/mol. The second-order valence-corrected chi connectivity index (χ2v) is 5.53. The molecule has 9 heteroatoms. The van der Waals surface area contributed by atoms with Crippen molar-refractivity contribution in [2.45, 2.75) is 0 Å². The molecule has 0 aliphatic carbocycles. The predicted octanol–water partition coefficient (Wildman–Crippen LogP) is 3.95. The van der Waals surface area contributed by atoms with Crippen molar-refractivity contribution in [3.05, 3.63) is 75.3 Å². The van der Waals surface area contributed by atoms with Gasteiger partial charge in [0.1, 0.15) is 0 Å². The SMILES string of the molecule is O=C(/C=C/c1ccc(Cl)cc1)Nc1nnc(-c2cccc([N+](=O)[O-])c2)o1. The summed E-state index contributed by atoms with van der Waals surface area (Å²) < 4.78 is 5.31. The average Bonchev–Trinajstić information content (AvgIpc) is 3.10. The topological polar surface area (TPSA) is 111 Å². The van der Waals surface area contributed by atoms with Crippen LogP contribution in [0.3, 0.4) is 0 Å². The van der Waals surface area contributed by atoms with Crippen LogP contribution in [0.1, 0.15) is 5.56 Å². The number of carbonyl (C=O) groups excluding carboxylic acids is 1. The number of benzene rings is 2. The van der Waals surface area contributed by atoms with Crippen molar-refractivity contribution in [2.75, 3.05) is 5.32 Å². The monoisotopic (exact) mass is 370 g/mol. The molecule has 0 aliphatic heterocycles. The Morgan fingerprint density at radius 2 is 1.96 bits per heavy atom. The summed E-state index contributed by atoms with van der Waals surface area (Å²) in [6, 6.07) is 12.6. The molecule has 0 spiro atoms. The Balaban J connectivity index is 1.68. The number of non-ortho nitro benzene ring substituents is 1. The first-order chi connectivity index (χ1) is 12.5. The largest absolute Gasteiger partial charge is 0.403 e. The molecular weight excluding hydrogens is 360 g/mol. The van der Waals surface area contributed by atoms with E-state index in [1.165, 1.54) is 24.3 Å². The Kier molecular flexibility index (Phi) is 5.04. The smallest absolute Gasteiger partial charge is 0.322 e. The Labute approximate surface area is 152 Å². The zero-order chi connectivity index (χ0) is 18.5. The first kappa shape index (κ1) is 17.3. The molecule has 1 heterocycles. The third kappa shape index (κ3) is 4.31. The number of nitrogens with zero attached hydrogens (tertiary/aromatic N) is 3. The van der Waals surface area contributed by atoms with E-state index in [1.54, 1.807) is 36.4 Å². The summed E-state index contributed by atoms with van der Waals surface area (Å²) in [5.41, 5.74) is 1.08. The molecule has 26 heavy (non-hydrogen) atoms. The van der Waals surface area contributed by atoms with Crippen molar-refractivity contribution >= 4 is 35.3 Å². The van der Waals surface area contributed by atoms with Crippen molar-refractivity contribution in [3.63, 3.8) is 0 Å². The van der Waals surface area contributed by atoms with E-state index in [0.717, 1.165) is 5.56 Å². The minimum atomic E-state index is -0.524. The fourth-order valence-electron chi connectivity index (χ4n) is 2.04. The molecular formula is C17H11ClN4O4. The maximum atomic E-state index is 11.9. The summed E-state index contributed by atoms with van der Waals surface area (Å²) in [5, 5.41) is 21.3. The minimum absolute atomic E-state index is 0.0608. The van der Waals surface area contributed by atoms with Gasteiger partial charge in [0.05, 0.1) is 4.92 Å². The molecule has 0 atom stereocenters. The van der Waals surface area contributed by atoms with E-state index >= 15 is 0 Å². The van der Waals surface area contributed by atoms with Gasteiger partial charge in [0.15, 0.2) is 0 Å². The number of halogens is 1. The lowest BCUT2D eigenvalue weighted by molar-refractivity contribution is -0.384. The molecule has 0 aliphatic rings. The summed E-state index contributed by atoms with van der Waals surface area (Å²) in [4.78, 5) is 22.2. The van der Waals surface area contributed by atoms with Gasteiger partial charge in [-0.3, -0.25) is 20.2 Å². The Morgan fingerprint density at radius 3 is 2.69 bits per heavy atom. The first-order valence-corrected chi connectivity index (χ1v) is 7.72. The number of nitro groups is 1. The molecule has 0 fully saturated rings. The van der Waals surface area contributed by atoms with Gasteiger partial charge in [0, 0.05) is 28.8 Å². The molecule has 0 bridgehead atoms. The van der Waals surface area contributed by atoms with Gasteiger partial charge in [-0.05, 0) is 29.8 Å². The van der Waals surface area contributed by atoms with Crippen LogP contribution in [0.5, 0.6) is 0 Å².